The molecule has 2 fully saturated rings. The number of β-amino-alcohol motifs (C(OH)–C–C–N with tert-alkyl or cyclic N) is 1. The number of hydrogen-bond donors (Lipinski definition) is 1. The Kier molecular flexibility index (Phi) is 4.95. The molecule has 1 saturated heterocycles. The fraction of sp³-hybridized carbons (Fsp3) is 0.923. The van der Waals surface area contributed by atoms with Crippen LogP contribution in [-0.2, 0) is 4.79 Å². The monoisotopic (exact) mass is 240 g/mol. The Hall–Kier alpha value is -0.450. The van der Waals surface area contributed by atoms with Gasteiger partial charge < -0.3 is 10.0 Å². The Balaban J connectivity index is 1.76. The van der Waals surface area contributed by atoms with E-state index in [1.807, 2.05) is 0 Å². The number of carbonyl (C=O) groups excluding carboxylic acids is 1. The fourth-order valence-electron chi connectivity index (χ4n) is 2.96. The topological polar surface area (TPSA) is 43.8 Å². The smallest absolute Gasteiger partial charge is 0.137 e. The molecular weight excluding hydrogens is 216 g/mol. The van der Waals surface area contributed by atoms with Crippen molar-refractivity contribution in [3.8, 4) is 0 Å². The summed E-state index contributed by atoms with van der Waals surface area (Å²) < 4.78 is 0. The molecule has 98 valence electrons. The maximum absolute atomic E-state index is 11.6. The highest BCUT2D eigenvalue weighted by atomic mass is 16.3. The summed E-state index contributed by atoms with van der Waals surface area (Å²) in [4.78, 5) is 16.4. The summed E-state index contributed by atoms with van der Waals surface area (Å²) in [5, 5.41) is 8.94. The van der Waals surface area contributed by atoms with Crippen molar-refractivity contribution in [2.24, 2.45) is 5.92 Å². The van der Waals surface area contributed by atoms with E-state index in [1.54, 1.807) is 0 Å². The summed E-state index contributed by atoms with van der Waals surface area (Å²) in [6.45, 7) is 6.26. The Bertz CT molecular complexity index is 258. The fourth-order valence-corrected chi connectivity index (χ4v) is 2.96. The van der Waals surface area contributed by atoms with Crippen molar-refractivity contribution in [1.82, 2.24) is 9.80 Å². The third-order valence-electron chi connectivity index (χ3n) is 4.01. The van der Waals surface area contributed by atoms with Gasteiger partial charge in [-0.05, 0) is 32.4 Å². The van der Waals surface area contributed by atoms with Crippen molar-refractivity contribution < 1.29 is 9.90 Å². The van der Waals surface area contributed by atoms with E-state index >= 15 is 0 Å². The molecule has 1 N–H and O–H groups in total. The first-order chi connectivity index (χ1) is 8.29. The molecule has 1 aliphatic carbocycles. The third kappa shape index (κ3) is 3.76. The maximum Gasteiger partial charge on any atom is 0.137 e. The van der Waals surface area contributed by atoms with Crippen LogP contribution in [0, 0.1) is 5.92 Å². The Morgan fingerprint density at radius 2 is 1.88 bits per heavy atom. The molecule has 17 heavy (non-hydrogen) atoms. The van der Waals surface area contributed by atoms with Gasteiger partial charge >= 0.3 is 0 Å². The number of nitrogens with zero attached hydrogens (tertiary/aromatic N) is 2. The summed E-state index contributed by atoms with van der Waals surface area (Å²) in [7, 11) is 0. The van der Waals surface area contributed by atoms with Crippen LogP contribution in [0.3, 0.4) is 0 Å². The number of aliphatic hydroxyl groups excluding tert-OH is 1. The SMILES string of the molecule is O=C1CCCC1CN1CCCN(CCO)CC1. The molecule has 1 heterocycles. The van der Waals surface area contributed by atoms with Gasteiger partial charge in [-0.1, -0.05) is 0 Å². The summed E-state index contributed by atoms with van der Waals surface area (Å²) in [5.74, 6) is 0.779. The van der Waals surface area contributed by atoms with Crippen LogP contribution in [0.4, 0.5) is 0 Å². The van der Waals surface area contributed by atoms with Crippen LogP contribution < -0.4 is 0 Å². The van der Waals surface area contributed by atoms with Crippen LogP contribution in [0.15, 0.2) is 0 Å². The second kappa shape index (κ2) is 6.47. The van der Waals surface area contributed by atoms with E-state index < -0.39 is 0 Å². The molecule has 4 nitrogen and oxygen atoms in total. The van der Waals surface area contributed by atoms with Crippen LogP contribution >= 0.6 is 0 Å². The Labute approximate surface area is 104 Å². The number of aliphatic hydroxyl groups is 1. The largest absolute Gasteiger partial charge is 0.395 e. The molecule has 1 saturated carbocycles. The molecular formula is C13H24N2O2. The molecule has 1 atom stereocenters. The number of hydrogen-bond acceptors (Lipinski definition) is 4. The van der Waals surface area contributed by atoms with Crippen LogP contribution in [0.25, 0.3) is 0 Å². The van der Waals surface area contributed by atoms with Gasteiger partial charge in [-0.15, -0.1) is 0 Å². The van der Waals surface area contributed by atoms with Crippen LogP contribution in [0.2, 0.25) is 0 Å². The van der Waals surface area contributed by atoms with Crippen LogP contribution in [-0.4, -0.2) is 66.6 Å². The van der Waals surface area contributed by atoms with Crippen molar-refractivity contribution in [3.05, 3.63) is 0 Å². The highest BCUT2D eigenvalue weighted by Gasteiger charge is 2.27. The van der Waals surface area contributed by atoms with Crippen molar-refractivity contribution >= 4 is 5.78 Å². The van der Waals surface area contributed by atoms with Gasteiger partial charge in [0.15, 0.2) is 0 Å². The average molecular weight is 240 g/mol. The zero-order valence-electron chi connectivity index (χ0n) is 10.6. The van der Waals surface area contributed by atoms with E-state index in [-0.39, 0.29) is 6.61 Å². The predicted molar refractivity (Wildman–Crippen MR) is 66.9 cm³/mol. The molecule has 1 unspecified atom stereocenters. The summed E-state index contributed by atoms with van der Waals surface area (Å²) >= 11 is 0. The van der Waals surface area contributed by atoms with Crippen LogP contribution in [0.5, 0.6) is 0 Å². The zero-order chi connectivity index (χ0) is 12.1. The number of carbonyl (C=O) groups is 1. The quantitative estimate of drug-likeness (QED) is 0.770. The second-order valence-corrected chi connectivity index (χ2v) is 5.27. The van der Waals surface area contributed by atoms with Gasteiger partial charge in [0.25, 0.3) is 0 Å². The third-order valence-corrected chi connectivity index (χ3v) is 4.01. The van der Waals surface area contributed by atoms with Gasteiger partial charge in [0.05, 0.1) is 6.61 Å². The maximum atomic E-state index is 11.6. The van der Waals surface area contributed by atoms with Crippen molar-refractivity contribution in [2.45, 2.75) is 25.7 Å². The van der Waals surface area contributed by atoms with E-state index in [0.29, 0.717) is 11.7 Å². The Morgan fingerprint density at radius 3 is 2.59 bits per heavy atom. The highest BCUT2D eigenvalue weighted by Crippen LogP contribution is 2.22. The minimum Gasteiger partial charge on any atom is -0.395 e. The molecule has 0 spiro atoms. The van der Waals surface area contributed by atoms with Gasteiger partial charge in [0.2, 0.25) is 0 Å². The zero-order valence-corrected chi connectivity index (χ0v) is 10.6. The molecule has 4 heteroatoms. The molecule has 0 amide bonds. The lowest BCUT2D eigenvalue weighted by Gasteiger charge is -2.23. The van der Waals surface area contributed by atoms with Crippen molar-refractivity contribution in [3.63, 3.8) is 0 Å². The Morgan fingerprint density at radius 1 is 1.12 bits per heavy atom. The first kappa shape index (κ1) is 13.0. The molecule has 0 radical (unpaired) electrons. The summed E-state index contributed by atoms with van der Waals surface area (Å²) in [5.41, 5.74) is 0. The highest BCUT2D eigenvalue weighted by molar-refractivity contribution is 5.83. The summed E-state index contributed by atoms with van der Waals surface area (Å²) in [6, 6.07) is 0. The molecule has 0 aromatic heterocycles. The number of ketones is 1. The van der Waals surface area contributed by atoms with Crippen molar-refractivity contribution in [2.75, 3.05) is 45.9 Å². The average Bonchev–Trinajstić information content (AvgIpc) is 2.59. The van der Waals surface area contributed by atoms with Gasteiger partial charge in [0, 0.05) is 38.5 Å². The molecule has 1 aliphatic heterocycles. The first-order valence-corrected chi connectivity index (χ1v) is 6.88. The van der Waals surface area contributed by atoms with Gasteiger partial charge in [0.1, 0.15) is 5.78 Å². The lowest BCUT2D eigenvalue weighted by atomic mass is 10.1. The normalized spacial score (nSPS) is 28.5. The van der Waals surface area contributed by atoms with Gasteiger partial charge in [-0.25, -0.2) is 0 Å². The molecule has 2 aliphatic rings. The van der Waals surface area contributed by atoms with Gasteiger partial charge in [-0.2, -0.15) is 0 Å². The second-order valence-electron chi connectivity index (χ2n) is 5.27. The molecule has 0 aromatic carbocycles. The molecule has 0 aromatic rings. The van der Waals surface area contributed by atoms with E-state index in [9.17, 15) is 4.79 Å². The lowest BCUT2D eigenvalue weighted by Crippen LogP contribution is -2.35. The van der Waals surface area contributed by atoms with E-state index in [2.05, 4.69) is 9.80 Å². The molecule has 2 rings (SSSR count). The van der Waals surface area contributed by atoms with Crippen LogP contribution in [0.1, 0.15) is 25.7 Å². The minimum absolute atomic E-state index is 0.251. The predicted octanol–water partition coefficient (Wildman–Crippen LogP) is 0.356. The molecule has 0 bridgehead atoms. The lowest BCUT2D eigenvalue weighted by molar-refractivity contribution is -0.121. The standard InChI is InChI=1S/C13H24N2O2/c16-10-9-14-5-2-6-15(8-7-14)11-12-3-1-4-13(12)17/h12,16H,1-11H2. The van der Waals surface area contributed by atoms with E-state index in [1.165, 1.54) is 0 Å². The van der Waals surface area contributed by atoms with E-state index in [4.69, 9.17) is 5.11 Å². The summed E-state index contributed by atoms with van der Waals surface area (Å²) in [6.07, 6.45) is 4.14. The van der Waals surface area contributed by atoms with Gasteiger partial charge in [-0.3, -0.25) is 9.69 Å². The number of rotatable bonds is 4. The first-order valence-electron chi connectivity index (χ1n) is 6.88. The van der Waals surface area contributed by atoms with Crippen molar-refractivity contribution in [1.29, 1.82) is 0 Å². The number of Topliss-reactive ketones (excluding diaryl/α,β-unsaturated/α-hetero) is 1. The van der Waals surface area contributed by atoms with E-state index in [0.717, 1.165) is 65.0 Å². The minimum atomic E-state index is 0.251.